The Morgan fingerprint density at radius 2 is 2.04 bits per heavy atom. The van der Waals surface area contributed by atoms with Crippen LogP contribution in [0.3, 0.4) is 0 Å². The fourth-order valence-electron chi connectivity index (χ4n) is 4.44. The largest absolute Gasteiger partial charge is 0.481 e. The van der Waals surface area contributed by atoms with E-state index in [0.29, 0.717) is 17.9 Å². The van der Waals surface area contributed by atoms with Crippen LogP contribution in [0.1, 0.15) is 72.7 Å². The van der Waals surface area contributed by atoms with E-state index >= 15 is 0 Å². The molecule has 1 aliphatic carbocycles. The first kappa shape index (κ1) is 18.5. The zero-order valence-corrected chi connectivity index (χ0v) is 16.4. The van der Waals surface area contributed by atoms with Gasteiger partial charge in [0.05, 0.1) is 5.57 Å². The normalized spacial score (nSPS) is 17.0. The van der Waals surface area contributed by atoms with Gasteiger partial charge >= 0.3 is 5.97 Å². The molecule has 1 aromatic carbocycles. The van der Waals surface area contributed by atoms with Gasteiger partial charge in [-0.1, -0.05) is 19.9 Å². The smallest absolute Gasteiger partial charge is 0.303 e. The minimum atomic E-state index is -0.816. The first-order valence-corrected chi connectivity index (χ1v) is 10.1. The van der Waals surface area contributed by atoms with Gasteiger partial charge in [-0.15, -0.1) is 0 Å². The van der Waals surface area contributed by atoms with Gasteiger partial charge in [-0.05, 0) is 72.9 Å². The molecule has 0 spiro atoms. The summed E-state index contributed by atoms with van der Waals surface area (Å²) in [5.74, 6) is -0.535. The number of rotatable bonds is 5. The zero-order chi connectivity index (χ0) is 19.8. The maximum absolute atomic E-state index is 12.6. The Hall–Kier alpha value is -2.82. The Morgan fingerprint density at radius 3 is 2.79 bits per heavy atom. The number of aliphatic carboxylic acids is 1. The van der Waals surface area contributed by atoms with Crippen LogP contribution >= 0.6 is 0 Å². The Bertz CT molecular complexity index is 982. The molecular formula is C23H26N2O3. The molecule has 1 amide bonds. The van der Waals surface area contributed by atoms with Crippen LogP contribution in [-0.2, 0) is 28.9 Å². The summed E-state index contributed by atoms with van der Waals surface area (Å²) >= 11 is 0. The first-order chi connectivity index (χ1) is 13.4. The monoisotopic (exact) mass is 378 g/mol. The lowest BCUT2D eigenvalue weighted by Crippen LogP contribution is -2.04. The molecular weight excluding hydrogens is 352 g/mol. The number of aromatic amines is 1. The van der Waals surface area contributed by atoms with E-state index in [1.807, 2.05) is 24.3 Å². The quantitative estimate of drug-likeness (QED) is 0.669. The SMILES string of the molecule is CC(C)c1c(C=C2C(=O)Nc3ccc(CCC(=O)O)cc32)[nH]c2c1CCCC2. The van der Waals surface area contributed by atoms with Crippen LogP contribution < -0.4 is 5.32 Å². The van der Waals surface area contributed by atoms with E-state index in [2.05, 4.69) is 24.1 Å². The number of aromatic nitrogens is 1. The zero-order valence-electron chi connectivity index (χ0n) is 16.4. The topological polar surface area (TPSA) is 82.2 Å². The Balaban J connectivity index is 1.75. The molecule has 3 N–H and O–H groups in total. The summed E-state index contributed by atoms with van der Waals surface area (Å²) in [6, 6.07) is 5.70. The van der Waals surface area contributed by atoms with Gasteiger partial charge in [0, 0.05) is 29.1 Å². The molecule has 146 valence electrons. The Kier molecular flexibility index (Phi) is 4.84. The lowest BCUT2D eigenvalue weighted by atomic mass is 9.89. The molecule has 28 heavy (non-hydrogen) atoms. The number of nitrogens with one attached hydrogen (secondary N) is 2. The summed E-state index contributed by atoms with van der Waals surface area (Å²) in [7, 11) is 0. The van der Waals surface area contributed by atoms with Crippen LogP contribution in [0.15, 0.2) is 18.2 Å². The number of anilines is 1. The van der Waals surface area contributed by atoms with E-state index in [9.17, 15) is 9.59 Å². The highest BCUT2D eigenvalue weighted by Gasteiger charge is 2.27. The fraction of sp³-hybridized carbons (Fsp3) is 0.391. The van der Waals surface area contributed by atoms with Crippen LogP contribution in [0.25, 0.3) is 11.6 Å². The minimum Gasteiger partial charge on any atom is -0.481 e. The number of carboxylic acid groups (broad SMARTS) is 1. The van der Waals surface area contributed by atoms with Crippen molar-refractivity contribution >= 4 is 29.2 Å². The van der Waals surface area contributed by atoms with Crippen LogP contribution in [0.2, 0.25) is 0 Å². The summed E-state index contributed by atoms with van der Waals surface area (Å²) in [4.78, 5) is 27.1. The van der Waals surface area contributed by atoms with E-state index in [1.165, 1.54) is 29.7 Å². The van der Waals surface area contributed by atoms with Crippen molar-refractivity contribution in [1.29, 1.82) is 0 Å². The number of carboxylic acids is 1. The molecule has 1 aromatic heterocycles. The molecule has 5 heteroatoms. The van der Waals surface area contributed by atoms with Crippen LogP contribution in [0.5, 0.6) is 0 Å². The van der Waals surface area contributed by atoms with Crippen molar-refractivity contribution < 1.29 is 14.7 Å². The summed E-state index contributed by atoms with van der Waals surface area (Å²) in [6.45, 7) is 4.40. The highest BCUT2D eigenvalue weighted by Crippen LogP contribution is 2.37. The van der Waals surface area contributed by atoms with Crippen molar-refractivity contribution in [2.24, 2.45) is 0 Å². The first-order valence-electron chi connectivity index (χ1n) is 10.1. The second-order valence-electron chi connectivity index (χ2n) is 8.06. The molecule has 2 aliphatic rings. The lowest BCUT2D eigenvalue weighted by Gasteiger charge is -2.14. The van der Waals surface area contributed by atoms with Crippen molar-refractivity contribution in [2.45, 2.75) is 58.3 Å². The minimum absolute atomic E-state index is 0.0834. The average Bonchev–Trinajstić information content (AvgIpc) is 3.17. The molecule has 0 saturated carbocycles. The van der Waals surface area contributed by atoms with Gasteiger partial charge in [-0.25, -0.2) is 0 Å². The van der Waals surface area contributed by atoms with Gasteiger partial charge in [0.1, 0.15) is 0 Å². The number of benzene rings is 1. The van der Waals surface area contributed by atoms with Gasteiger partial charge < -0.3 is 15.4 Å². The van der Waals surface area contributed by atoms with Crippen molar-refractivity contribution in [1.82, 2.24) is 4.98 Å². The summed E-state index contributed by atoms with van der Waals surface area (Å²) in [5, 5.41) is 11.9. The van der Waals surface area contributed by atoms with Crippen LogP contribution in [-0.4, -0.2) is 22.0 Å². The highest BCUT2D eigenvalue weighted by atomic mass is 16.4. The predicted octanol–water partition coefficient (Wildman–Crippen LogP) is 4.53. The lowest BCUT2D eigenvalue weighted by molar-refractivity contribution is -0.137. The third-order valence-electron chi connectivity index (χ3n) is 5.73. The number of carbonyl (C=O) groups excluding carboxylic acids is 1. The molecule has 5 nitrogen and oxygen atoms in total. The average molecular weight is 378 g/mol. The maximum Gasteiger partial charge on any atom is 0.303 e. The summed E-state index contributed by atoms with van der Waals surface area (Å²) in [5.41, 5.74) is 8.33. The summed E-state index contributed by atoms with van der Waals surface area (Å²) in [6.07, 6.45) is 7.12. The summed E-state index contributed by atoms with van der Waals surface area (Å²) < 4.78 is 0. The second kappa shape index (κ2) is 7.30. The van der Waals surface area contributed by atoms with Crippen LogP contribution in [0.4, 0.5) is 5.69 Å². The predicted molar refractivity (Wildman–Crippen MR) is 110 cm³/mol. The number of amides is 1. The molecule has 0 atom stereocenters. The fourth-order valence-corrected chi connectivity index (χ4v) is 4.44. The third kappa shape index (κ3) is 3.37. The van der Waals surface area contributed by atoms with E-state index in [0.717, 1.165) is 35.3 Å². The van der Waals surface area contributed by atoms with E-state index in [4.69, 9.17) is 5.11 Å². The van der Waals surface area contributed by atoms with E-state index < -0.39 is 5.97 Å². The Labute approximate surface area is 164 Å². The number of fused-ring (bicyclic) bond motifs is 2. The molecule has 0 bridgehead atoms. The number of H-pyrrole nitrogens is 1. The Morgan fingerprint density at radius 1 is 1.25 bits per heavy atom. The number of hydrogen-bond donors (Lipinski definition) is 3. The van der Waals surface area contributed by atoms with Crippen molar-refractivity contribution in [2.75, 3.05) is 5.32 Å². The number of carbonyl (C=O) groups is 2. The third-order valence-corrected chi connectivity index (χ3v) is 5.73. The standard InChI is InChI=1S/C23H26N2O3/c1-13(2)22-15-5-3-4-6-18(15)24-20(22)12-17-16-11-14(8-10-21(26)27)7-9-19(16)25-23(17)28/h7,9,11-13,24H,3-6,8,10H2,1-2H3,(H,25,28)(H,26,27). The molecule has 4 rings (SSSR count). The molecule has 0 unspecified atom stereocenters. The molecule has 2 aromatic rings. The maximum atomic E-state index is 12.6. The van der Waals surface area contributed by atoms with Gasteiger partial charge in [0.15, 0.2) is 0 Å². The van der Waals surface area contributed by atoms with Crippen molar-refractivity contribution in [3.05, 3.63) is 51.8 Å². The van der Waals surface area contributed by atoms with Crippen LogP contribution in [0, 0.1) is 0 Å². The van der Waals surface area contributed by atoms with Crippen molar-refractivity contribution in [3.8, 4) is 0 Å². The highest BCUT2D eigenvalue weighted by molar-refractivity contribution is 6.34. The molecule has 0 saturated heterocycles. The van der Waals surface area contributed by atoms with E-state index in [1.54, 1.807) is 0 Å². The number of aryl methyl sites for hydroxylation is 2. The molecule has 0 radical (unpaired) electrons. The van der Waals surface area contributed by atoms with Gasteiger partial charge in [0.25, 0.3) is 5.91 Å². The second-order valence-corrected chi connectivity index (χ2v) is 8.06. The van der Waals surface area contributed by atoms with E-state index in [-0.39, 0.29) is 12.3 Å². The molecule has 0 fully saturated rings. The van der Waals surface area contributed by atoms with Crippen molar-refractivity contribution in [3.63, 3.8) is 0 Å². The molecule has 2 heterocycles. The molecule has 1 aliphatic heterocycles. The number of hydrogen-bond acceptors (Lipinski definition) is 2. The van der Waals surface area contributed by atoms with Gasteiger partial charge in [-0.3, -0.25) is 9.59 Å². The van der Waals surface area contributed by atoms with Gasteiger partial charge in [0.2, 0.25) is 0 Å². The van der Waals surface area contributed by atoms with Gasteiger partial charge in [-0.2, -0.15) is 0 Å².